The molecule has 0 amide bonds. The van der Waals surface area contributed by atoms with Gasteiger partial charge in [-0.05, 0) is 0 Å². The summed E-state index contributed by atoms with van der Waals surface area (Å²) >= 11 is -1.14. The van der Waals surface area contributed by atoms with Crippen LogP contribution in [0.15, 0.2) is 48.5 Å². The van der Waals surface area contributed by atoms with E-state index in [1.807, 2.05) is 0 Å². The van der Waals surface area contributed by atoms with E-state index in [1.165, 1.54) is 11.2 Å². The zero-order chi connectivity index (χ0) is 9.54. The summed E-state index contributed by atoms with van der Waals surface area (Å²) in [5.41, 5.74) is 2.83. The first-order valence-corrected chi connectivity index (χ1v) is 7.95. The van der Waals surface area contributed by atoms with E-state index in [4.69, 9.17) is 0 Å². The van der Waals surface area contributed by atoms with Gasteiger partial charge in [-0.3, -0.25) is 0 Å². The fraction of sp³-hybridized carbons (Fsp3) is 0. The van der Waals surface area contributed by atoms with E-state index < -0.39 is 41.3 Å². The molecule has 1 aliphatic heterocycles. The second-order valence-electron chi connectivity index (χ2n) is 3.27. The Hall–Kier alpha value is -0.119. The second kappa shape index (κ2) is 3.47. The molecule has 70 valence electrons. The molecule has 1 heterocycles. The van der Waals surface area contributed by atoms with Crippen LogP contribution in [0.4, 0.5) is 0 Å². The minimum absolute atomic E-state index is 1.14. The summed E-state index contributed by atoms with van der Waals surface area (Å²) in [6.45, 7) is 0. The molecule has 0 aliphatic carbocycles. The van der Waals surface area contributed by atoms with Gasteiger partial charge >= 0.3 is 102 Å². The normalized spacial score (nSPS) is 15.0. The van der Waals surface area contributed by atoms with Gasteiger partial charge in [0.25, 0.3) is 0 Å². The Balaban J connectivity index is 2.42. The molecule has 0 saturated heterocycles. The van der Waals surface area contributed by atoms with Crippen LogP contribution < -0.4 is 0.0628 Å². The molecule has 1 heteroatoms. The van der Waals surface area contributed by atoms with Crippen LogP contribution in [-0.4, -0.2) is 0.949 Å². The van der Waals surface area contributed by atoms with Crippen molar-refractivity contribution < 1.29 is 41.3 Å². The van der Waals surface area contributed by atoms with Crippen molar-refractivity contribution in [2.24, 2.45) is 0 Å². The number of benzene rings is 2. The molecular formula is C13H10Xe. The number of hydrogen-bond donors (Lipinski definition) is 0. The summed E-state index contributed by atoms with van der Waals surface area (Å²) in [5, 5.41) is 0. The van der Waals surface area contributed by atoms with Crippen molar-refractivity contribution in [2.75, 3.05) is 0 Å². The van der Waals surface area contributed by atoms with E-state index in [0.29, 0.717) is 0 Å². The van der Waals surface area contributed by atoms with E-state index in [9.17, 15) is 0 Å². The zero-order valence-corrected chi connectivity index (χ0v) is 9.70. The third kappa shape index (κ3) is 1.23. The molecule has 0 spiro atoms. The first-order valence-electron chi connectivity index (χ1n) is 4.51. The quantitative estimate of drug-likeness (QED) is 0.592. The van der Waals surface area contributed by atoms with Crippen LogP contribution in [0, 0.1) is 41.3 Å². The van der Waals surface area contributed by atoms with Gasteiger partial charge in [-0.1, -0.05) is 0 Å². The fourth-order valence-corrected chi connectivity index (χ4v) is 5.80. The molecule has 2 aromatic rings. The maximum atomic E-state index is 4.36. The van der Waals surface area contributed by atoms with Crippen LogP contribution in [0.5, 0.6) is 0 Å². The molecule has 3 rings (SSSR count). The van der Waals surface area contributed by atoms with Gasteiger partial charge in [0.2, 0.25) is 0 Å². The third-order valence-electron chi connectivity index (χ3n) is 2.48. The molecule has 0 bridgehead atoms. The number of fused-ring (bicyclic) bond motifs is 3. The molecule has 14 heavy (non-hydrogen) atoms. The van der Waals surface area contributed by atoms with Crippen molar-refractivity contribution >= 4 is 1.01 Å². The first kappa shape index (κ1) is 9.13. The molecule has 0 atom stereocenters. The van der Waals surface area contributed by atoms with Crippen LogP contribution >= 0.6 is 0 Å². The van der Waals surface area contributed by atoms with E-state index in [0.717, 1.165) is 0 Å². The predicted octanol–water partition coefficient (Wildman–Crippen LogP) is 1.67. The van der Waals surface area contributed by atoms with Gasteiger partial charge in [-0.15, -0.1) is 0 Å². The monoisotopic (exact) mass is 298 g/mol. The van der Waals surface area contributed by atoms with Crippen LogP contribution in [0.3, 0.4) is 0 Å². The molecule has 1 aliphatic rings. The molecule has 0 nitrogen and oxygen atoms in total. The summed E-state index contributed by atoms with van der Waals surface area (Å²) < 4.78 is 7.36. The third-order valence-corrected chi connectivity index (χ3v) is 6.86. The van der Waals surface area contributed by atoms with E-state index in [2.05, 4.69) is 49.5 Å². The number of hydrogen-bond acceptors (Lipinski definition) is 0. The predicted molar refractivity (Wildman–Crippen MR) is 58.3 cm³/mol. The molecule has 0 radical (unpaired) electrons. The standard InChI is InChI=1S/C13H10Xe/c1-14-12-8-4-2-6-10(12)11-7-3-5-9-13(11)14/h2-9H,1H2. The van der Waals surface area contributed by atoms with Gasteiger partial charge in [-0.2, -0.15) is 0 Å². The van der Waals surface area contributed by atoms with Crippen molar-refractivity contribution in [1.82, 2.24) is 0 Å². The fourth-order valence-electron chi connectivity index (χ4n) is 1.82. The molecule has 0 aromatic heterocycles. The molecule has 0 saturated carbocycles. The molecule has 0 N–H and O–H groups in total. The molecule has 0 fully saturated rings. The molecule has 2 aromatic carbocycles. The molecular weight excluding hydrogens is 287 g/mol. The SMILES string of the molecule is C=[Xe]1c2ccccc2-c2ccccc21. The second-order valence-corrected chi connectivity index (χ2v) is 7.38. The average Bonchev–Trinajstić information content (AvgIpc) is 2.55. The Morgan fingerprint density at radius 3 is 1.64 bits per heavy atom. The van der Waals surface area contributed by atoms with Crippen molar-refractivity contribution in [3.63, 3.8) is 0 Å². The van der Waals surface area contributed by atoms with Crippen LogP contribution in [0.25, 0.3) is 11.1 Å². The van der Waals surface area contributed by atoms with Crippen LogP contribution in [-0.2, 0) is 0 Å². The zero-order valence-electron chi connectivity index (χ0n) is 7.68. The first-order chi connectivity index (χ1) is 6.88. The van der Waals surface area contributed by atoms with Crippen LogP contribution in [0.2, 0.25) is 0 Å². The Bertz CT molecular complexity index is 479. The van der Waals surface area contributed by atoms with Gasteiger partial charge < -0.3 is 0 Å². The summed E-state index contributed by atoms with van der Waals surface area (Å²) in [4.78, 5) is 0. The Labute approximate surface area is 100 Å². The van der Waals surface area contributed by atoms with E-state index >= 15 is 0 Å². The van der Waals surface area contributed by atoms with Gasteiger partial charge in [0.1, 0.15) is 0 Å². The van der Waals surface area contributed by atoms with Gasteiger partial charge in [-0.25, -0.2) is 0 Å². The topological polar surface area (TPSA) is 0 Å². The minimum atomic E-state index is -1.14. The van der Waals surface area contributed by atoms with E-state index in [1.54, 1.807) is 0 Å². The Morgan fingerprint density at radius 2 is 1.14 bits per heavy atom. The summed E-state index contributed by atoms with van der Waals surface area (Å²) in [6.07, 6.45) is 0. The Morgan fingerprint density at radius 1 is 0.714 bits per heavy atom. The van der Waals surface area contributed by atoms with Crippen LogP contribution in [0.1, 0.15) is 0 Å². The Kier molecular flexibility index (Phi) is 2.27. The van der Waals surface area contributed by atoms with Gasteiger partial charge in [0, 0.05) is 0 Å². The maximum absolute atomic E-state index is 4.36. The van der Waals surface area contributed by atoms with Crippen molar-refractivity contribution in [2.45, 2.75) is 0 Å². The average molecular weight is 298 g/mol. The van der Waals surface area contributed by atoms with Crippen molar-refractivity contribution in [3.8, 4) is 11.1 Å². The summed E-state index contributed by atoms with van der Waals surface area (Å²) in [6, 6.07) is 17.4. The van der Waals surface area contributed by atoms with Crippen molar-refractivity contribution in [1.29, 1.82) is 0 Å². The van der Waals surface area contributed by atoms with Gasteiger partial charge in [0.05, 0.1) is 0 Å². The number of rotatable bonds is 0. The van der Waals surface area contributed by atoms with Crippen molar-refractivity contribution in [3.05, 3.63) is 48.5 Å². The summed E-state index contributed by atoms with van der Waals surface area (Å²) in [7, 11) is 0. The summed E-state index contributed by atoms with van der Waals surface area (Å²) in [5.74, 6) is 0. The molecule has 0 unspecified atom stereocenters. The van der Waals surface area contributed by atoms with E-state index in [-0.39, 0.29) is 0 Å². The van der Waals surface area contributed by atoms with Gasteiger partial charge in [0.15, 0.2) is 0 Å².